The van der Waals surface area contributed by atoms with Crippen molar-refractivity contribution in [1.29, 1.82) is 0 Å². The Morgan fingerprint density at radius 3 is 1.91 bits per heavy atom. The summed E-state index contributed by atoms with van der Waals surface area (Å²) in [7, 11) is 0. The fraction of sp³-hybridized carbons (Fsp3) is 0.250. The van der Waals surface area contributed by atoms with Gasteiger partial charge in [-0.15, -0.1) is 12.4 Å². The van der Waals surface area contributed by atoms with E-state index >= 15 is 0 Å². The molecule has 33 heavy (non-hydrogen) atoms. The molecule has 0 saturated carbocycles. The van der Waals surface area contributed by atoms with Crippen molar-refractivity contribution in [3.8, 4) is 0 Å². The van der Waals surface area contributed by atoms with E-state index in [1.54, 1.807) is 12.1 Å². The SMILES string of the molecule is Cl.Fc1ccc(CC(c2cc[nH]n2)N2CCC(c3ccccc3)(c3ccccc3)CC2)cc1. The van der Waals surface area contributed by atoms with Gasteiger partial charge >= 0.3 is 0 Å². The molecule has 1 saturated heterocycles. The summed E-state index contributed by atoms with van der Waals surface area (Å²) in [4.78, 5) is 2.55. The van der Waals surface area contributed by atoms with Gasteiger partial charge in [0, 0.05) is 11.6 Å². The summed E-state index contributed by atoms with van der Waals surface area (Å²) in [6, 6.07) is 30.9. The Morgan fingerprint density at radius 2 is 1.39 bits per heavy atom. The van der Waals surface area contributed by atoms with Crippen LogP contribution in [0.3, 0.4) is 0 Å². The average Bonchev–Trinajstić information content (AvgIpc) is 3.40. The summed E-state index contributed by atoms with van der Waals surface area (Å²) >= 11 is 0. The number of halogens is 2. The monoisotopic (exact) mass is 461 g/mol. The molecule has 1 aliphatic heterocycles. The van der Waals surface area contributed by atoms with E-state index in [1.165, 1.54) is 11.1 Å². The summed E-state index contributed by atoms with van der Waals surface area (Å²) < 4.78 is 13.4. The molecule has 1 aromatic heterocycles. The van der Waals surface area contributed by atoms with Crippen LogP contribution in [0.5, 0.6) is 0 Å². The number of aromatic nitrogens is 2. The van der Waals surface area contributed by atoms with Crippen molar-refractivity contribution in [2.45, 2.75) is 30.7 Å². The second-order valence-electron chi connectivity index (χ2n) is 8.70. The van der Waals surface area contributed by atoms with Crippen molar-refractivity contribution in [2.75, 3.05) is 13.1 Å². The molecule has 1 aliphatic rings. The Bertz CT molecular complexity index is 1070. The highest BCUT2D eigenvalue weighted by molar-refractivity contribution is 5.85. The van der Waals surface area contributed by atoms with E-state index in [0.717, 1.165) is 43.6 Å². The maximum absolute atomic E-state index is 13.4. The van der Waals surface area contributed by atoms with Gasteiger partial charge in [-0.25, -0.2) is 4.39 Å². The van der Waals surface area contributed by atoms with Crippen molar-refractivity contribution in [3.05, 3.63) is 125 Å². The van der Waals surface area contributed by atoms with E-state index in [4.69, 9.17) is 0 Å². The van der Waals surface area contributed by atoms with Crippen LogP contribution in [0.4, 0.5) is 4.39 Å². The van der Waals surface area contributed by atoms with Gasteiger partial charge in [0.25, 0.3) is 0 Å². The zero-order valence-electron chi connectivity index (χ0n) is 18.5. The van der Waals surface area contributed by atoms with Gasteiger partial charge in [-0.1, -0.05) is 72.8 Å². The van der Waals surface area contributed by atoms with Gasteiger partial charge in [-0.2, -0.15) is 5.10 Å². The van der Waals surface area contributed by atoms with Crippen LogP contribution < -0.4 is 0 Å². The standard InChI is InChI=1S/C28H28FN3.ClH/c29-25-13-11-22(12-14-25)21-27(26-15-18-30-31-26)32-19-16-28(17-20-32,23-7-3-1-4-8-23)24-9-5-2-6-10-24;/h1-15,18,27H,16-17,19-21H2,(H,30,31);1H. The Hall–Kier alpha value is -2.95. The summed E-state index contributed by atoms with van der Waals surface area (Å²) in [5.41, 5.74) is 4.97. The number of piperidine rings is 1. The molecule has 3 nitrogen and oxygen atoms in total. The molecule has 170 valence electrons. The molecule has 0 bridgehead atoms. The first-order valence-corrected chi connectivity index (χ1v) is 11.3. The van der Waals surface area contributed by atoms with Gasteiger partial charge in [0.15, 0.2) is 0 Å². The minimum atomic E-state index is -0.196. The third kappa shape index (κ3) is 4.87. The van der Waals surface area contributed by atoms with Gasteiger partial charge in [0.2, 0.25) is 0 Å². The lowest BCUT2D eigenvalue weighted by Crippen LogP contribution is -2.45. The van der Waals surface area contributed by atoms with Crippen LogP contribution >= 0.6 is 12.4 Å². The lowest BCUT2D eigenvalue weighted by atomic mass is 9.68. The number of likely N-dealkylation sites (tertiary alicyclic amines) is 1. The number of hydrogen-bond donors (Lipinski definition) is 1. The van der Waals surface area contributed by atoms with E-state index in [1.807, 2.05) is 18.3 Å². The number of nitrogens with one attached hydrogen (secondary N) is 1. The Balaban J connectivity index is 0.00000259. The number of hydrogen-bond acceptors (Lipinski definition) is 2. The Morgan fingerprint density at radius 1 is 0.818 bits per heavy atom. The van der Waals surface area contributed by atoms with Crippen LogP contribution in [-0.4, -0.2) is 28.2 Å². The zero-order chi connectivity index (χ0) is 21.8. The molecule has 0 radical (unpaired) electrons. The predicted octanol–water partition coefficient (Wildman–Crippen LogP) is 6.34. The Kier molecular flexibility index (Phi) is 7.26. The fourth-order valence-electron chi connectivity index (χ4n) is 5.20. The minimum absolute atomic E-state index is 0. The number of H-pyrrole nitrogens is 1. The molecule has 1 atom stereocenters. The smallest absolute Gasteiger partial charge is 0.123 e. The average molecular weight is 462 g/mol. The number of benzene rings is 3. The highest BCUT2D eigenvalue weighted by atomic mass is 35.5. The van der Waals surface area contributed by atoms with E-state index < -0.39 is 0 Å². The quantitative estimate of drug-likeness (QED) is 0.363. The van der Waals surface area contributed by atoms with Crippen molar-refractivity contribution in [2.24, 2.45) is 0 Å². The molecule has 5 rings (SSSR count). The van der Waals surface area contributed by atoms with Crippen molar-refractivity contribution in [1.82, 2.24) is 15.1 Å². The van der Waals surface area contributed by atoms with Crippen molar-refractivity contribution < 1.29 is 4.39 Å². The van der Waals surface area contributed by atoms with Crippen LogP contribution in [0.1, 0.15) is 41.3 Å². The molecule has 5 heteroatoms. The summed E-state index contributed by atoms with van der Waals surface area (Å²) in [5.74, 6) is -0.196. The normalized spacial score (nSPS) is 16.6. The number of nitrogens with zero attached hydrogens (tertiary/aromatic N) is 2. The molecule has 4 aromatic rings. The van der Waals surface area contributed by atoms with Gasteiger partial charge in [0.1, 0.15) is 5.82 Å². The van der Waals surface area contributed by atoms with E-state index in [2.05, 4.69) is 81.8 Å². The van der Waals surface area contributed by atoms with Crippen molar-refractivity contribution in [3.63, 3.8) is 0 Å². The molecule has 2 heterocycles. The second kappa shape index (κ2) is 10.3. The fourth-order valence-corrected chi connectivity index (χ4v) is 5.20. The number of rotatable bonds is 6. The molecule has 0 spiro atoms. The molecule has 1 fully saturated rings. The van der Waals surface area contributed by atoms with Crippen LogP contribution in [0.25, 0.3) is 0 Å². The predicted molar refractivity (Wildman–Crippen MR) is 133 cm³/mol. The largest absolute Gasteiger partial charge is 0.294 e. The molecule has 1 unspecified atom stereocenters. The minimum Gasteiger partial charge on any atom is -0.294 e. The third-order valence-corrected chi connectivity index (χ3v) is 6.95. The summed E-state index contributed by atoms with van der Waals surface area (Å²) in [6.07, 6.45) is 4.79. The van der Waals surface area contributed by atoms with Crippen LogP contribution in [-0.2, 0) is 11.8 Å². The van der Waals surface area contributed by atoms with Crippen LogP contribution in [0.15, 0.2) is 97.2 Å². The Labute approximate surface area is 201 Å². The highest BCUT2D eigenvalue weighted by Crippen LogP contribution is 2.43. The van der Waals surface area contributed by atoms with Gasteiger partial charge in [-0.05, 0) is 67.2 Å². The maximum Gasteiger partial charge on any atom is 0.123 e. The molecule has 0 amide bonds. The lowest BCUT2D eigenvalue weighted by Gasteiger charge is -2.45. The maximum atomic E-state index is 13.4. The molecule has 0 aliphatic carbocycles. The summed E-state index contributed by atoms with van der Waals surface area (Å²) in [5, 5.41) is 7.49. The highest BCUT2D eigenvalue weighted by Gasteiger charge is 2.39. The topological polar surface area (TPSA) is 31.9 Å². The van der Waals surface area contributed by atoms with Crippen LogP contribution in [0, 0.1) is 5.82 Å². The van der Waals surface area contributed by atoms with Crippen LogP contribution in [0.2, 0.25) is 0 Å². The van der Waals surface area contributed by atoms with E-state index in [-0.39, 0.29) is 29.7 Å². The molecule has 1 N–H and O–H groups in total. The van der Waals surface area contributed by atoms with Crippen molar-refractivity contribution >= 4 is 12.4 Å². The molecular weight excluding hydrogens is 433 g/mol. The first-order valence-electron chi connectivity index (χ1n) is 11.3. The second-order valence-corrected chi connectivity index (χ2v) is 8.70. The lowest BCUT2D eigenvalue weighted by molar-refractivity contribution is 0.125. The van der Waals surface area contributed by atoms with E-state index in [9.17, 15) is 4.39 Å². The van der Waals surface area contributed by atoms with Gasteiger partial charge in [-0.3, -0.25) is 10.00 Å². The van der Waals surface area contributed by atoms with E-state index in [0.29, 0.717) is 0 Å². The zero-order valence-corrected chi connectivity index (χ0v) is 19.3. The molecular formula is C28H29ClFN3. The van der Waals surface area contributed by atoms with Gasteiger partial charge in [0.05, 0.1) is 11.7 Å². The first kappa shape index (κ1) is 23.2. The summed E-state index contributed by atoms with van der Waals surface area (Å²) in [6.45, 7) is 1.95. The molecule has 3 aromatic carbocycles. The number of aromatic amines is 1. The third-order valence-electron chi connectivity index (χ3n) is 6.95. The first-order chi connectivity index (χ1) is 15.7. The van der Waals surface area contributed by atoms with Gasteiger partial charge < -0.3 is 0 Å².